The van der Waals surface area contributed by atoms with Crippen LogP contribution in [0.1, 0.15) is 26.5 Å². The van der Waals surface area contributed by atoms with Crippen LogP contribution in [0.15, 0.2) is 24.5 Å². The number of aromatic amines is 1. The molecule has 0 saturated heterocycles. The molecule has 1 aromatic carbocycles. The second-order valence-electron chi connectivity index (χ2n) is 3.85. The van der Waals surface area contributed by atoms with Gasteiger partial charge in [0.25, 0.3) is 11.8 Å². The summed E-state index contributed by atoms with van der Waals surface area (Å²) in [5, 5.41) is 11.3. The van der Waals surface area contributed by atoms with Crippen LogP contribution in [0.25, 0.3) is 0 Å². The zero-order valence-electron chi connectivity index (χ0n) is 10.5. The van der Waals surface area contributed by atoms with Crippen molar-refractivity contribution in [2.75, 3.05) is 12.4 Å². The summed E-state index contributed by atoms with van der Waals surface area (Å²) in [5.41, 5.74) is 1.76. The van der Waals surface area contributed by atoms with E-state index in [0.717, 1.165) is 0 Å². The summed E-state index contributed by atoms with van der Waals surface area (Å²) in [6.07, 6.45) is 1.25. The van der Waals surface area contributed by atoms with E-state index >= 15 is 0 Å². The molecule has 19 heavy (non-hydrogen) atoms. The lowest BCUT2D eigenvalue weighted by molar-refractivity contribution is 0.0960. The minimum Gasteiger partial charge on any atom is -0.355 e. The van der Waals surface area contributed by atoms with Crippen LogP contribution >= 0.6 is 0 Å². The summed E-state index contributed by atoms with van der Waals surface area (Å²) >= 11 is 0. The van der Waals surface area contributed by atoms with E-state index in [1.807, 2.05) is 0 Å². The first-order chi connectivity index (χ1) is 9.13. The largest absolute Gasteiger partial charge is 0.355 e. The molecule has 0 atom stereocenters. The highest BCUT2D eigenvalue weighted by molar-refractivity contribution is 6.03. The Bertz CT molecular complexity index is 607. The summed E-state index contributed by atoms with van der Waals surface area (Å²) in [6.45, 7) is 1.76. The molecule has 2 aromatic rings. The van der Waals surface area contributed by atoms with Crippen molar-refractivity contribution in [1.29, 1.82) is 0 Å². The highest BCUT2D eigenvalue weighted by Crippen LogP contribution is 2.19. The van der Waals surface area contributed by atoms with Gasteiger partial charge >= 0.3 is 0 Å². The van der Waals surface area contributed by atoms with Crippen LogP contribution in [0.2, 0.25) is 0 Å². The second-order valence-corrected chi connectivity index (χ2v) is 3.85. The molecule has 1 heterocycles. The van der Waals surface area contributed by atoms with E-state index in [9.17, 15) is 9.59 Å². The van der Waals surface area contributed by atoms with Gasteiger partial charge in [-0.2, -0.15) is 5.10 Å². The summed E-state index contributed by atoms with van der Waals surface area (Å²) in [6, 6.07) is 5.11. The molecule has 7 nitrogen and oxygen atoms in total. The molecular formula is C12H13N5O2. The van der Waals surface area contributed by atoms with Gasteiger partial charge in [-0.3, -0.25) is 14.7 Å². The van der Waals surface area contributed by atoms with Crippen molar-refractivity contribution in [3.63, 3.8) is 0 Å². The van der Waals surface area contributed by atoms with Crippen LogP contribution in [-0.2, 0) is 0 Å². The number of amides is 2. The SMILES string of the molecule is CNC(=O)c1cccc(NC(=O)c2ncn[nH]2)c1C. The van der Waals surface area contributed by atoms with Gasteiger partial charge in [0.15, 0.2) is 0 Å². The third-order valence-electron chi connectivity index (χ3n) is 2.68. The normalized spacial score (nSPS) is 10.0. The molecule has 0 saturated carbocycles. The van der Waals surface area contributed by atoms with Crippen molar-refractivity contribution in [1.82, 2.24) is 20.5 Å². The Labute approximate surface area is 109 Å². The Morgan fingerprint density at radius 1 is 1.26 bits per heavy atom. The van der Waals surface area contributed by atoms with Gasteiger partial charge in [-0.25, -0.2) is 4.98 Å². The first kappa shape index (κ1) is 12.7. The zero-order valence-corrected chi connectivity index (χ0v) is 10.5. The topological polar surface area (TPSA) is 99.8 Å². The monoisotopic (exact) mass is 259 g/mol. The number of hydrogen-bond donors (Lipinski definition) is 3. The highest BCUT2D eigenvalue weighted by atomic mass is 16.2. The number of rotatable bonds is 3. The number of hydrogen-bond acceptors (Lipinski definition) is 4. The van der Waals surface area contributed by atoms with Crippen molar-refractivity contribution < 1.29 is 9.59 Å². The summed E-state index contributed by atoms with van der Waals surface area (Å²) in [7, 11) is 1.56. The van der Waals surface area contributed by atoms with Gasteiger partial charge in [0.2, 0.25) is 5.82 Å². The van der Waals surface area contributed by atoms with Crippen LogP contribution in [0.5, 0.6) is 0 Å². The minimum absolute atomic E-state index is 0.116. The van der Waals surface area contributed by atoms with Gasteiger partial charge in [-0.1, -0.05) is 6.07 Å². The molecule has 3 N–H and O–H groups in total. The fourth-order valence-corrected chi connectivity index (χ4v) is 1.65. The van der Waals surface area contributed by atoms with Crippen LogP contribution in [0.4, 0.5) is 5.69 Å². The Kier molecular flexibility index (Phi) is 3.56. The van der Waals surface area contributed by atoms with Gasteiger partial charge in [0.1, 0.15) is 6.33 Å². The molecule has 0 bridgehead atoms. The van der Waals surface area contributed by atoms with Crippen molar-refractivity contribution in [3.8, 4) is 0 Å². The summed E-state index contributed by atoms with van der Waals surface area (Å²) < 4.78 is 0. The van der Waals surface area contributed by atoms with Gasteiger partial charge in [-0.05, 0) is 24.6 Å². The molecule has 7 heteroatoms. The Hall–Kier alpha value is -2.70. The van der Waals surface area contributed by atoms with Crippen molar-refractivity contribution in [3.05, 3.63) is 41.5 Å². The summed E-state index contributed by atoms with van der Waals surface area (Å²) in [4.78, 5) is 27.2. The van der Waals surface area contributed by atoms with Crippen molar-refractivity contribution in [2.24, 2.45) is 0 Å². The van der Waals surface area contributed by atoms with Gasteiger partial charge < -0.3 is 10.6 Å². The predicted octanol–water partition coefficient (Wildman–Crippen LogP) is 0.725. The number of H-pyrrole nitrogens is 1. The lowest BCUT2D eigenvalue weighted by atomic mass is 10.1. The van der Waals surface area contributed by atoms with Gasteiger partial charge in [0, 0.05) is 18.3 Å². The van der Waals surface area contributed by atoms with Gasteiger partial charge in [0.05, 0.1) is 0 Å². The zero-order chi connectivity index (χ0) is 13.8. The van der Waals surface area contributed by atoms with Gasteiger partial charge in [-0.15, -0.1) is 0 Å². The Morgan fingerprint density at radius 3 is 2.68 bits per heavy atom. The molecule has 0 aliphatic heterocycles. The maximum Gasteiger partial charge on any atom is 0.292 e. The smallest absolute Gasteiger partial charge is 0.292 e. The first-order valence-electron chi connectivity index (χ1n) is 5.62. The van der Waals surface area contributed by atoms with E-state index in [1.165, 1.54) is 6.33 Å². The van der Waals surface area contributed by atoms with E-state index in [4.69, 9.17) is 0 Å². The molecule has 98 valence electrons. The van der Waals surface area contributed by atoms with E-state index in [1.54, 1.807) is 32.2 Å². The van der Waals surface area contributed by atoms with Crippen LogP contribution in [-0.4, -0.2) is 34.0 Å². The minimum atomic E-state index is -0.408. The molecular weight excluding hydrogens is 246 g/mol. The molecule has 0 fully saturated rings. The lowest BCUT2D eigenvalue weighted by Gasteiger charge is -2.10. The molecule has 0 spiro atoms. The molecule has 1 aromatic heterocycles. The quantitative estimate of drug-likeness (QED) is 0.756. The van der Waals surface area contributed by atoms with Crippen LogP contribution in [0.3, 0.4) is 0 Å². The van der Waals surface area contributed by atoms with Crippen molar-refractivity contribution in [2.45, 2.75) is 6.92 Å². The summed E-state index contributed by atoms with van der Waals surface area (Å²) in [5.74, 6) is -0.493. The molecule has 0 unspecified atom stereocenters. The third kappa shape index (κ3) is 2.59. The second kappa shape index (κ2) is 5.30. The maximum absolute atomic E-state index is 11.8. The number of carbonyl (C=O) groups is 2. The Morgan fingerprint density at radius 2 is 2.05 bits per heavy atom. The first-order valence-corrected chi connectivity index (χ1v) is 5.62. The molecule has 0 aliphatic rings. The van der Waals surface area contributed by atoms with Crippen LogP contribution < -0.4 is 10.6 Å². The molecule has 0 radical (unpaired) electrons. The number of benzene rings is 1. The third-order valence-corrected chi connectivity index (χ3v) is 2.68. The molecule has 2 amide bonds. The predicted molar refractivity (Wildman–Crippen MR) is 68.9 cm³/mol. The Balaban J connectivity index is 2.26. The maximum atomic E-state index is 11.8. The van der Waals surface area contributed by atoms with Crippen LogP contribution in [0, 0.1) is 6.92 Å². The van der Waals surface area contributed by atoms with Crippen molar-refractivity contribution >= 4 is 17.5 Å². The number of nitrogens with zero attached hydrogens (tertiary/aromatic N) is 2. The standard InChI is InChI=1S/C12H13N5O2/c1-7-8(11(18)13-2)4-3-5-9(7)16-12(19)10-14-6-15-17-10/h3-6H,1-2H3,(H,13,18)(H,16,19)(H,14,15,17). The molecule has 2 rings (SSSR count). The number of nitrogens with one attached hydrogen (secondary N) is 3. The number of anilines is 1. The van der Waals surface area contributed by atoms with E-state index in [0.29, 0.717) is 16.8 Å². The fourth-order valence-electron chi connectivity index (χ4n) is 1.65. The van der Waals surface area contributed by atoms with E-state index in [-0.39, 0.29) is 11.7 Å². The number of aromatic nitrogens is 3. The average Bonchev–Trinajstić information content (AvgIpc) is 2.94. The average molecular weight is 259 g/mol. The lowest BCUT2D eigenvalue weighted by Crippen LogP contribution is -2.20. The fraction of sp³-hybridized carbons (Fsp3) is 0.167. The van der Waals surface area contributed by atoms with E-state index in [2.05, 4.69) is 25.8 Å². The van der Waals surface area contributed by atoms with E-state index < -0.39 is 5.91 Å². The highest BCUT2D eigenvalue weighted by Gasteiger charge is 2.14. The number of carbonyl (C=O) groups excluding carboxylic acids is 2. The molecule has 0 aliphatic carbocycles.